The summed E-state index contributed by atoms with van der Waals surface area (Å²) < 4.78 is 24.3. The van der Waals surface area contributed by atoms with Gasteiger partial charge in [-0.15, -0.1) is 0 Å². The van der Waals surface area contributed by atoms with Crippen molar-refractivity contribution in [3.05, 3.63) is 101 Å². The standard InChI is InChI=1S/C60H86N2O7/c1-41(2)15-14-16-42(3)52-30-31-53-51-29-24-47-37-50(32-34-58(47,4)54(51)33-35-59(52,53)5)69-57(65)61-36-13-9-12-19-56(64)62-38-43(55(63)39-62)40-68-60(44-17-10-8-11-18-44,45-20-25-48(66-6)26-21-45)46-22-27-49(67-7)28-23-46/h8,10-11,17-18,20-22,24-27,41-43,50-55,63H,9,12-16,19,23,28-40H2,1-7H3,(H,61,65)/t42?,43?,50-,51?,52+,53?,54?,55?,58-,59+,60?/m0/s1. The number of nitrogens with zero attached hydrogens (tertiary/aromatic N) is 1. The van der Waals surface area contributed by atoms with E-state index in [1.54, 1.807) is 24.7 Å². The first-order valence-corrected chi connectivity index (χ1v) is 27.2. The SMILES string of the molecule is COC1=CC=C(C(OCC2CN(C(=O)CCCCCNC(=O)O[C@H]3CC[C@@]4(C)C(=CCC5C4CC[C@@]4(C)C5CC[C@@H]4C(C)CCCC(C)C)C3)CC2O)(c2ccccc2)c2ccc(OC)cc2)CC1. The first-order valence-electron chi connectivity index (χ1n) is 27.2. The Morgan fingerprint density at radius 3 is 2.35 bits per heavy atom. The summed E-state index contributed by atoms with van der Waals surface area (Å²) in [5, 5.41) is 14.3. The number of hydrogen-bond donors (Lipinski definition) is 2. The van der Waals surface area contributed by atoms with Gasteiger partial charge in [-0.1, -0.05) is 120 Å². The molecule has 5 aliphatic carbocycles. The molecular formula is C60H86N2O7. The second kappa shape index (κ2) is 22.6. The number of benzene rings is 2. The monoisotopic (exact) mass is 947 g/mol. The summed E-state index contributed by atoms with van der Waals surface area (Å²) in [4.78, 5) is 28.3. The van der Waals surface area contributed by atoms with Crippen LogP contribution in [0.5, 0.6) is 5.75 Å². The Balaban J connectivity index is 0.772. The van der Waals surface area contributed by atoms with E-state index in [4.69, 9.17) is 18.9 Å². The number of nitrogens with one attached hydrogen (secondary N) is 1. The number of fused-ring (bicyclic) bond motifs is 5. The van der Waals surface area contributed by atoms with E-state index in [1.165, 1.54) is 51.4 Å². The van der Waals surface area contributed by atoms with Crippen LogP contribution in [0.1, 0.15) is 155 Å². The number of methoxy groups -OCH3 is 2. The maximum absolute atomic E-state index is 13.5. The Morgan fingerprint density at radius 1 is 0.841 bits per heavy atom. The molecule has 0 bridgehead atoms. The molecule has 2 aromatic rings. The highest BCUT2D eigenvalue weighted by Gasteiger charge is 2.59. The van der Waals surface area contributed by atoms with Gasteiger partial charge in [0, 0.05) is 44.8 Å². The van der Waals surface area contributed by atoms with Gasteiger partial charge in [0.2, 0.25) is 5.91 Å². The minimum Gasteiger partial charge on any atom is -0.501 e. The third-order valence-electron chi connectivity index (χ3n) is 18.6. The highest BCUT2D eigenvalue weighted by atomic mass is 16.6. The Morgan fingerprint density at radius 2 is 1.62 bits per heavy atom. The van der Waals surface area contributed by atoms with Crippen LogP contribution in [0.4, 0.5) is 4.79 Å². The number of likely N-dealkylation sites (tertiary alicyclic amines) is 1. The quantitative estimate of drug-likeness (QED) is 0.101. The van der Waals surface area contributed by atoms with E-state index in [1.807, 2.05) is 36.4 Å². The van der Waals surface area contributed by atoms with E-state index in [0.29, 0.717) is 31.5 Å². The number of aliphatic hydroxyl groups is 1. The highest BCUT2D eigenvalue weighted by molar-refractivity contribution is 5.76. The van der Waals surface area contributed by atoms with Gasteiger partial charge in [-0.2, -0.15) is 0 Å². The molecule has 1 saturated heterocycles. The smallest absolute Gasteiger partial charge is 0.407 e. The molecule has 7 unspecified atom stereocenters. The molecular weight excluding hydrogens is 861 g/mol. The number of ether oxygens (including phenoxy) is 4. The van der Waals surface area contributed by atoms with Crippen LogP contribution >= 0.6 is 0 Å². The summed E-state index contributed by atoms with van der Waals surface area (Å²) in [6, 6.07) is 18.3. The Hall–Kier alpha value is -4.08. The predicted octanol–water partition coefficient (Wildman–Crippen LogP) is 12.7. The summed E-state index contributed by atoms with van der Waals surface area (Å²) in [5.74, 6) is 6.39. The number of carbonyl (C=O) groups excluding carboxylic acids is 2. The lowest BCUT2D eigenvalue weighted by molar-refractivity contribution is -0.130. The number of alkyl carbamates (subject to hydrolysis) is 1. The predicted molar refractivity (Wildman–Crippen MR) is 274 cm³/mol. The number of allylic oxidation sites excluding steroid dienone is 4. The molecule has 0 spiro atoms. The number of rotatable bonds is 20. The van der Waals surface area contributed by atoms with Crippen molar-refractivity contribution in [2.24, 2.45) is 52.3 Å². The van der Waals surface area contributed by atoms with E-state index < -0.39 is 11.7 Å². The maximum atomic E-state index is 13.5. The summed E-state index contributed by atoms with van der Waals surface area (Å²) in [6.07, 6.45) is 23.7. The zero-order chi connectivity index (χ0) is 48.8. The molecule has 69 heavy (non-hydrogen) atoms. The molecule has 3 saturated carbocycles. The molecule has 2 amide bonds. The molecule has 2 aromatic carbocycles. The maximum Gasteiger partial charge on any atom is 0.407 e. The second-order valence-corrected chi connectivity index (χ2v) is 23.0. The van der Waals surface area contributed by atoms with Crippen LogP contribution in [0, 0.1) is 52.3 Å². The Labute approximate surface area is 415 Å². The second-order valence-electron chi connectivity index (χ2n) is 23.0. The molecule has 378 valence electrons. The fourth-order valence-corrected chi connectivity index (χ4v) is 14.7. The average Bonchev–Trinajstić information content (AvgIpc) is 3.92. The van der Waals surface area contributed by atoms with Crippen molar-refractivity contribution in [2.45, 2.75) is 162 Å². The van der Waals surface area contributed by atoms with Crippen LogP contribution in [-0.4, -0.2) is 74.7 Å². The molecule has 9 nitrogen and oxygen atoms in total. The van der Waals surface area contributed by atoms with Crippen LogP contribution in [0.15, 0.2) is 89.7 Å². The molecule has 9 heteroatoms. The van der Waals surface area contributed by atoms with Crippen molar-refractivity contribution in [3.63, 3.8) is 0 Å². The zero-order valence-corrected chi connectivity index (χ0v) is 43.3. The van der Waals surface area contributed by atoms with Crippen LogP contribution in [0.2, 0.25) is 0 Å². The molecule has 0 aromatic heterocycles. The first-order chi connectivity index (χ1) is 33.3. The molecule has 0 radical (unpaired) electrons. The number of hydrogen-bond acceptors (Lipinski definition) is 7. The van der Waals surface area contributed by atoms with E-state index >= 15 is 0 Å². The van der Waals surface area contributed by atoms with Crippen molar-refractivity contribution in [1.82, 2.24) is 10.2 Å². The van der Waals surface area contributed by atoms with E-state index in [9.17, 15) is 14.7 Å². The lowest BCUT2D eigenvalue weighted by atomic mass is 9.47. The van der Waals surface area contributed by atoms with Crippen LogP contribution in [0.25, 0.3) is 0 Å². The van der Waals surface area contributed by atoms with Crippen molar-refractivity contribution in [2.75, 3.05) is 40.5 Å². The third-order valence-corrected chi connectivity index (χ3v) is 18.6. The van der Waals surface area contributed by atoms with Crippen LogP contribution in [-0.2, 0) is 24.6 Å². The minimum absolute atomic E-state index is 0.0463. The van der Waals surface area contributed by atoms with Gasteiger partial charge in [-0.3, -0.25) is 4.79 Å². The fraction of sp³-hybridized carbons (Fsp3) is 0.667. The molecule has 2 N–H and O–H groups in total. The van der Waals surface area contributed by atoms with Gasteiger partial charge in [0.25, 0.3) is 0 Å². The van der Waals surface area contributed by atoms with Crippen molar-refractivity contribution < 1.29 is 33.6 Å². The van der Waals surface area contributed by atoms with E-state index in [-0.39, 0.29) is 36.0 Å². The zero-order valence-electron chi connectivity index (χ0n) is 43.3. The molecule has 1 aliphatic heterocycles. The third kappa shape index (κ3) is 11.1. The van der Waals surface area contributed by atoms with Crippen LogP contribution in [0.3, 0.4) is 0 Å². The van der Waals surface area contributed by atoms with Gasteiger partial charge in [0.15, 0.2) is 0 Å². The van der Waals surface area contributed by atoms with Crippen LogP contribution < -0.4 is 10.1 Å². The lowest BCUT2D eigenvalue weighted by Gasteiger charge is -2.58. The largest absolute Gasteiger partial charge is 0.501 e. The first kappa shape index (κ1) is 51.3. The van der Waals surface area contributed by atoms with E-state index in [0.717, 1.165) is 115 Å². The molecule has 4 fully saturated rings. The van der Waals surface area contributed by atoms with Gasteiger partial charge in [-0.25, -0.2) is 4.79 Å². The summed E-state index contributed by atoms with van der Waals surface area (Å²) >= 11 is 0. The lowest BCUT2D eigenvalue weighted by Crippen LogP contribution is -2.51. The normalized spacial score (nSPS) is 31.0. The number of unbranched alkanes of at least 4 members (excludes halogenated alkanes) is 2. The van der Waals surface area contributed by atoms with Gasteiger partial charge < -0.3 is 34.3 Å². The summed E-state index contributed by atoms with van der Waals surface area (Å²) in [6.45, 7) is 14.0. The van der Waals surface area contributed by atoms with E-state index in [2.05, 4.69) is 76.4 Å². The minimum atomic E-state index is -0.918. The van der Waals surface area contributed by atoms with Gasteiger partial charge in [0.05, 0.1) is 32.7 Å². The molecule has 1 heterocycles. The summed E-state index contributed by atoms with van der Waals surface area (Å²) in [7, 11) is 3.37. The topological polar surface area (TPSA) is 107 Å². The van der Waals surface area contributed by atoms with Crippen molar-refractivity contribution >= 4 is 12.0 Å². The summed E-state index contributed by atoms with van der Waals surface area (Å²) in [5.41, 5.74) is 4.41. The Bertz CT molecular complexity index is 2130. The average molecular weight is 947 g/mol. The molecule has 8 rings (SSSR count). The number of amides is 2. The van der Waals surface area contributed by atoms with Gasteiger partial charge >= 0.3 is 6.09 Å². The highest BCUT2D eigenvalue weighted by Crippen LogP contribution is 2.67. The Kier molecular flexibility index (Phi) is 16.8. The molecule has 6 aliphatic rings. The van der Waals surface area contributed by atoms with Crippen molar-refractivity contribution in [3.8, 4) is 5.75 Å². The number of carbonyl (C=O) groups is 2. The number of aliphatic hydroxyl groups excluding tert-OH is 1. The van der Waals surface area contributed by atoms with Gasteiger partial charge in [0.1, 0.15) is 17.5 Å². The number of β-amino-alcohol motifs (C(OH)–C–C–N with tert-alkyl or cyclic N) is 1. The fourth-order valence-electron chi connectivity index (χ4n) is 14.7. The van der Waals surface area contributed by atoms with Crippen molar-refractivity contribution in [1.29, 1.82) is 0 Å². The van der Waals surface area contributed by atoms with Gasteiger partial charge in [-0.05, 0) is 145 Å². The molecule has 11 atom stereocenters.